The van der Waals surface area contributed by atoms with E-state index >= 15 is 0 Å². The van der Waals surface area contributed by atoms with Gasteiger partial charge in [0.2, 0.25) is 0 Å². The van der Waals surface area contributed by atoms with Crippen LogP contribution in [-0.4, -0.2) is 96.7 Å². The number of unbranched alkanes of at least 4 members (excludes halogenated alkanes) is 12. The molecule has 0 aliphatic rings. The molecular formula is C91H142O17P2. The number of hydrogen-bond donors (Lipinski definition) is 3. The van der Waals surface area contributed by atoms with Crippen molar-refractivity contribution < 1.29 is 80.2 Å². The quantitative estimate of drug-likeness (QED) is 0.0169. The molecule has 110 heavy (non-hydrogen) atoms. The first kappa shape index (κ1) is 103. The van der Waals surface area contributed by atoms with Crippen molar-refractivity contribution >= 4 is 39.5 Å². The van der Waals surface area contributed by atoms with Gasteiger partial charge in [-0.15, -0.1) is 0 Å². The first-order chi connectivity index (χ1) is 53.7. The van der Waals surface area contributed by atoms with Crippen LogP contribution in [0.3, 0.4) is 0 Å². The van der Waals surface area contributed by atoms with E-state index in [1.807, 2.05) is 36.5 Å². The summed E-state index contributed by atoms with van der Waals surface area (Å²) in [5, 5.41) is 10.7. The lowest BCUT2D eigenvalue weighted by atomic mass is 10.1. The summed E-state index contributed by atoms with van der Waals surface area (Å²) in [5.41, 5.74) is 0. The molecule has 0 spiro atoms. The van der Waals surface area contributed by atoms with Gasteiger partial charge in [0.25, 0.3) is 0 Å². The van der Waals surface area contributed by atoms with Gasteiger partial charge in [0.1, 0.15) is 19.3 Å². The molecule has 5 atom stereocenters. The summed E-state index contributed by atoms with van der Waals surface area (Å²) >= 11 is 0. The molecule has 17 nitrogen and oxygen atoms in total. The SMILES string of the molecule is CC/C=C\C/C=C\C/C=C\C/C=C\C/C=C\C/C=C\CCC(=O)O[C@H](COC(=O)CCCCC/C=C\C/C=C\C/C=C\C/C=C\C/C=C\CC)COP(=O)(O)OC[C@@H](O)COP(=O)(O)OC[C@@H](COC(=O)CCCCCCC/C=C\CCCCCC)OC(=O)CC/C=C\C/C=C\C/C=C\C/C=C\C/C=C\C/C=C\CC. The smallest absolute Gasteiger partial charge is 0.462 e. The second-order valence-electron chi connectivity index (χ2n) is 26.2. The normalized spacial score (nSPS) is 14.9. The van der Waals surface area contributed by atoms with E-state index in [1.54, 1.807) is 0 Å². The number of esters is 4. The average molecular weight is 1570 g/mol. The molecule has 0 bridgehead atoms. The van der Waals surface area contributed by atoms with Crippen LogP contribution in [0.25, 0.3) is 0 Å². The number of rotatable bonds is 74. The summed E-state index contributed by atoms with van der Waals surface area (Å²) in [4.78, 5) is 73.1. The van der Waals surface area contributed by atoms with Crippen molar-refractivity contribution in [2.24, 2.45) is 0 Å². The lowest BCUT2D eigenvalue weighted by Gasteiger charge is -2.21. The highest BCUT2D eigenvalue weighted by Gasteiger charge is 2.30. The number of carbonyl (C=O) groups is 4. The number of carbonyl (C=O) groups excluding carboxylic acids is 4. The number of phosphoric acid groups is 2. The standard InChI is InChI=1S/C91H142O17P2/c1-5-9-13-17-21-25-29-33-36-39-42-45-48-52-56-60-64-68-72-76-89(94)102-82-87(108-91(96)78-74-70-66-62-58-54-50-47-44-41-38-35-31-27-23-19-15-11-7-3)84-106-110(99,100)104-80-85(92)79-103-109(97,98)105-83-86(81-101-88(93)75-71-67-63-59-55-51-32-28-24-20-16-12-8-4)107-90(95)77-73-69-65-61-57-53-49-46-43-40-37-34-30-26-22-18-14-10-6-2/h9-11,13-15,21-23,25-28,32-38,42-47,52-54,56-58,65-66,69-70,85-87,92H,5-8,12,16-20,24,29-31,39-41,48-51,55,59-64,67-68,71-84H2,1-4H3,(H,97,98)(H,99,100)/b13-9-,14-10-,15-11-,25-21-,26-22-,27-23-,32-28-,36-33-,37-34-,38-35-,45-42-,46-43-,47-44-,56-52-,57-53-,58-54-,69-65-,70-66-/t85-,86+,87+/m0/s1. The summed E-state index contributed by atoms with van der Waals surface area (Å²) < 4.78 is 68.5. The van der Waals surface area contributed by atoms with Gasteiger partial charge in [0, 0.05) is 25.7 Å². The van der Waals surface area contributed by atoms with Crippen LogP contribution in [0.5, 0.6) is 0 Å². The van der Waals surface area contributed by atoms with E-state index in [9.17, 15) is 43.2 Å². The van der Waals surface area contributed by atoms with Crippen LogP contribution < -0.4 is 0 Å². The zero-order valence-corrected chi connectivity index (χ0v) is 69.4. The van der Waals surface area contributed by atoms with E-state index in [2.05, 4.69) is 210 Å². The predicted molar refractivity (Wildman–Crippen MR) is 454 cm³/mol. The van der Waals surface area contributed by atoms with Crippen LogP contribution in [0, 0.1) is 0 Å². The zero-order chi connectivity index (χ0) is 80.3. The predicted octanol–water partition coefficient (Wildman–Crippen LogP) is 24.4. The van der Waals surface area contributed by atoms with Crippen molar-refractivity contribution in [3.05, 3.63) is 219 Å². The van der Waals surface area contributed by atoms with Crippen LogP contribution in [0.15, 0.2) is 219 Å². The molecule has 0 aliphatic heterocycles. The second-order valence-corrected chi connectivity index (χ2v) is 29.1. The summed E-state index contributed by atoms with van der Waals surface area (Å²) in [6.07, 6.45) is 102. The Morgan fingerprint density at radius 1 is 0.264 bits per heavy atom. The lowest BCUT2D eigenvalue weighted by Crippen LogP contribution is -2.30. The van der Waals surface area contributed by atoms with E-state index in [0.29, 0.717) is 38.5 Å². The summed E-state index contributed by atoms with van der Waals surface area (Å²) in [7, 11) is -10.0. The fraction of sp³-hybridized carbons (Fsp3) is 0.560. The van der Waals surface area contributed by atoms with Crippen molar-refractivity contribution in [3.63, 3.8) is 0 Å². The third-order valence-corrected chi connectivity index (χ3v) is 17.8. The van der Waals surface area contributed by atoms with E-state index in [-0.39, 0.29) is 25.7 Å². The molecule has 3 N–H and O–H groups in total. The van der Waals surface area contributed by atoms with Gasteiger partial charge in [-0.2, -0.15) is 0 Å². The fourth-order valence-corrected chi connectivity index (χ4v) is 11.4. The molecule has 0 aromatic heterocycles. The van der Waals surface area contributed by atoms with Crippen molar-refractivity contribution in [1.82, 2.24) is 0 Å². The highest BCUT2D eigenvalue weighted by atomic mass is 31.2. The van der Waals surface area contributed by atoms with Crippen molar-refractivity contribution in [1.29, 1.82) is 0 Å². The maximum atomic E-state index is 13.1. The van der Waals surface area contributed by atoms with Crippen LogP contribution in [0.1, 0.15) is 272 Å². The third kappa shape index (κ3) is 79.5. The third-order valence-electron chi connectivity index (χ3n) is 15.9. The first-order valence-electron chi connectivity index (χ1n) is 41.0. The molecule has 0 aromatic rings. The van der Waals surface area contributed by atoms with Crippen LogP contribution >= 0.6 is 15.6 Å². The zero-order valence-electron chi connectivity index (χ0n) is 67.6. The molecule has 0 aromatic carbocycles. The summed E-state index contributed by atoms with van der Waals surface area (Å²) in [6.45, 7) is 4.26. The van der Waals surface area contributed by atoms with Crippen LogP contribution in [0.2, 0.25) is 0 Å². The minimum atomic E-state index is -5.03. The fourth-order valence-electron chi connectivity index (χ4n) is 9.82. The summed E-state index contributed by atoms with van der Waals surface area (Å²) in [6, 6.07) is 0. The highest BCUT2D eigenvalue weighted by Crippen LogP contribution is 2.45. The second kappa shape index (κ2) is 80.4. The Hall–Kier alpha value is -6.62. The van der Waals surface area contributed by atoms with Gasteiger partial charge in [-0.25, -0.2) is 9.13 Å². The number of phosphoric ester groups is 2. The Balaban J connectivity index is 5.58. The van der Waals surface area contributed by atoms with E-state index in [0.717, 1.165) is 154 Å². The van der Waals surface area contributed by atoms with Gasteiger partial charge in [-0.3, -0.25) is 37.3 Å². The van der Waals surface area contributed by atoms with Crippen LogP contribution in [-0.2, 0) is 65.4 Å². The number of ether oxygens (including phenoxy) is 4. The number of hydrogen-bond acceptors (Lipinski definition) is 15. The van der Waals surface area contributed by atoms with Crippen molar-refractivity contribution in [2.75, 3.05) is 39.6 Å². The number of allylic oxidation sites excluding steroid dienone is 36. The van der Waals surface area contributed by atoms with Crippen LogP contribution in [0.4, 0.5) is 0 Å². The Bertz CT molecular complexity index is 2950. The molecule has 0 saturated carbocycles. The van der Waals surface area contributed by atoms with Gasteiger partial charge >= 0.3 is 39.5 Å². The molecule has 0 aliphatic carbocycles. The number of aliphatic hydroxyl groups is 1. The maximum Gasteiger partial charge on any atom is 0.472 e. The van der Waals surface area contributed by atoms with Gasteiger partial charge in [0.05, 0.1) is 26.4 Å². The lowest BCUT2D eigenvalue weighted by molar-refractivity contribution is -0.161. The minimum absolute atomic E-state index is 0.0431. The number of aliphatic hydroxyl groups excluding tert-OH is 1. The molecule has 0 fully saturated rings. The largest absolute Gasteiger partial charge is 0.472 e. The Morgan fingerprint density at radius 2 is 0.491 bits per heavy atom. The van der Waals surface area contributed by atoms with Gasteiger partial charge in [0.15, 0.2) is 12.2 Å². The van der Waals surface area contributed by atoms with E-state index < -0.39 is 97.5 Å². The van der Waals surface area contributed by atoms with Crippen molar-refractivity contribution in [2.45, 2.75) is 290 Å². The van der Waals surface area contributed by atoms with Gasteiger partial charge in [-0.05, 0) is 173 Å². The van der Waals surface area contributed by atoms with Gasteiger partial charge in [-0.1, -0.05) is 291 Å². The average Bonchev–Trinajstić information content (AvgIpc) is 0.905. The Kier molecular flexibility index (Phi) is 75.6. The molecule has 0 amide bonds. The Morgan fingerprint density at radius 3 is 0.782 bits per heavy atom. The molecule has 0 saturated heterocycles. The van der Waals surface area contributed by atoms with E-state index in [1.165, 1.54) is 25.7 Å². The molecule has 0 radical (unpaired) electrons. The molecule has 0 rings (SSSR count). The molecule has 618 valence electrons. The highest BCUT2D eigenvalue weighted by molar-refractivity contribution is 7.47. The molecule has 2 unspecified atom stereocenters. The van der Waals surface area contributed by atoms with Gasteiger partial charge < -0.3 is 33.8 Å². The minimum Gasteiger partial charge on any atom is -0.462 e. The Labute approximate surface area is 664 Å². The molecule has 19 heteroatoms. The molecule has 0 heterocycles. The van der Waals surface area contributed by atoms with E-state index in [4.69, 9.17) is 37.0 Å². The monoisotopic (exact) mass is 1570 g/mol. The topological polar surface area (TPSA) is 237 Å². The van der Waals surface area contributed by atoms with Crippen molar-refractivity contribution in [3.8, 4) is 0 Å². The summed E-state index contributed by atoms with van der Waals surface area (Å²) in [5.74, 6) is -2.45. The maximum absolute atomic E-state index is 13.1. The first-order valence-corrected chi connectivity index (χ1v) is 44.0. The molecular weight excluding hydrogens is 1430 g/mol.